The lowest BCUT2D eigenvalue weighted by molar-refractivity contribution is -0.117. The van der Waals surface area contributed by atoms with Crippen molar-refractivity contribution in [2.45, 2.75) is 13.0 Å². The zero-order valence-electron chi connectivity index (χ0n) is 8.99. The van der Waals surface area contributed by atoms with Crippen molar-refractivity contribution in [1.29, 1.82) is 0 Å². The van der Waals surface area contributed by atoms with Crippen molar-refractivity contribution in [3.8, 4) is 5.75 Å². The highest BCUT2D eigenvalue weighted by Crippen LogP contribution is 2.27. The van der Waals surface area contributed by atoms with Crippen LogP contribution < -0.4 is 15.8 Å². The second-order valence-electron chi connectivity index (χ2n) is 3.13. The van der Waals surface area contributed by atoms with Gasteiger partial charge in [-0.25, -0.2) is 0 Å². The Bertz CT molecular complexity index is 372. The Labute approximate surface area is 109 Å². The van der Waals surface area contributed by atoms with Crippen molar-refractivity contribution in [3.05, 3.63) is 22.7 Å². The van der Waals surface area contributed by atoms with Gasteiger partial charge >= 0.3 is 0 Å². The molecule has 0 heterocycles. The van der Waals surface area contributed by atoms with Crippen LogP contribution in [0.5, 0.6) is 5.75 Å². The van der Waals surface area contributed by atoms with Crippen LogP contribution in [0.1, 0.15) is 6.92 Å². The number of nitrogens with one attached hydrogen (secondary N) is 1. The van der Waals surface area contributed by atoms with Gasteiger partial charge in [0.15, 0.2) is 0 Å². The third-order valence-corrected chi connectivity index (χ3v) is 2.45. The lowest BCUT2D eigenvalue weighted by atomic mass is 10.2. The lowest BCUT2D eigenvalue weighted by Crippen LogP contribution is -2.32. The molecule has 16 heavy (non-hydrogen) atoms. The average molecular weight is 310 g/mol. The Morgan fingerprint density at radius 3 is 2.62 bits per heavy atom. The molecule has 6 heteroatoms. The molecule has 1 rings (SSSR count). The van der Waals surface area contributed by atoms with E-state index in [-0.39, 0.29) is 18.3 Å². The van der Waals surface area contributed by atoms with Gasteiger partial charge in [0.25, 0.3) is 0 Å². The number of amides is 1. The molecule has 4 nitrogen and oxygen atoms in total. The minimum absolute atomic E-state index is 0. The van der Waals surface area contributed by atoms with Gasteiger partial charge in [0, 0.05) is 5.69 Å². The first-order valence-corrected chi connectivity index (χ1v) is 5.24. The van der Waals surface area contributed by atoms with E-state index in [0.29, 0.717) is 11.4 Å². The number of rotatable bonds is 3. The lowest BCUT2D eigenvalue weighted by Gasteiger charge is -2.09. The summed E-state index contributed by atoms with van der Waals surface area (Å²) in [4.78, 5) is 11.3. The molecule has 0 spiro atoms. The number of anilines is 1. The van der Waals surface area contributed by atoms with Crippen LogP contribution in [0.25, 0.3) is 0 Å². The van der Waals surface area contributed by atoms with Crippen LogP contribution in [0.2, 0.25) is 0 Å². The van der Waals surface area contributed by atoms with E-state index in [2.05, 4.69) is 21.2 Å². The van der Waals surface area contributed by atoms with Crippen LogP contribution in [0.3, 0.4) is 0 Å². The number of carbonyl (C=O) groups is 1. The summed E-state index contributed by atoms with van der Waals surface area (Å²) in [5.41, 5.74) is 6.11. The molecule has 0 aliphatic carbocycles. The van der Waals surface area contributed by atoms with E-state index in [9.17, 15) is 4.79 Å². The van der Waals surface area contributed by atoms with Crippen molar-refractivity contribution in [2.75, 3.05) is 12.4 Å². The van der Waals surface area contributed by atoms with Gasteiger partial charge in [0.2, 0.25) is 5.91 Å². The molecule has 0 radical (unpaired) electrons. The predicted molar refractivity (Wildman–Crippen MR) is 70.2 cm³/mol. The molecule has 0 bridgehead atoms. The van der Waals surface area contributed by atoms with Crippen molar-refractivity contribution < 1.29 is 9.53 Å². The Hall–Kier alpha value is -0.780. The Kier molecular flexibility index (Phi) is 6.40. The van der Waals surface area contributed by atoms with E-state index >= 15 is 0 Å². The molecule has 0 aliphatic rings. The molecular weight excluding hydrogens is 295 g/mol. The quantitative estimate of drug-likeness (QED) is 0.899. The third-order valence-electron chi connectivity index (χ3n) is 1.83. The molecule has 90 valence electrons. The SMILES string of the molecule is COc1ccc(NC(=O)[C@H](C)N)cc1Br.Cl. The van der Waals surface area contributed by atoms with E-state index in [0.717, 1.165) is 4.47 Å². The summed E-state index contributed by atoms with van der Waals surface area (Å²) in [6.07, 6.45) is 0. The highest BCUT2D eigenvalue weighted by Gasteiger charge is 2.08. The van der Waals surface area contributed by atoms with E-state index in [1.54, 1.807) is 32.2 Å². The monoisotopic (exact) mass is 308 g/mol. The maximum absolute atomic E-state index is 11.3. The summed E-state index contributed by atoms with van der Waals surface area (Å²) in [5, 5.41) is 2.68. The van der Waals surface area contributed by atoms with E-state index < -0.39 is 6.04 Å². The number of hydrogen-bond acceptors (Lipinski definition) is 3. The van der Waals surface area contributed by atoms with Crippen LogP contribution in [0.4, 0.5) is 5.69 Å². The zero-order chi connectivity index (χ0) is 11.4. The molecule has 3 N–H and O–H groups in total. The average Bonchev–Trinajstić information content (AvgIpc) is 2.18. The number of carbonyl (C=O) groups excluding carboxylic acids is 1. The predicted octanol–water partition coefficient (Wildman–Crippen LogP) is 2.17. The number of benzene rings is 1. The minimum Gasteiger partial charge on any atom is -0.496 e. The molecule has 1 atom stereocenters. The fraction of sp³-hybridized carbons (Fsp3) is 0.300. The summed E-state index contributed by atoms with van der Waals surface area (Å²) in [6.45, 7) is 1.63. The number of ether oxygens (including phenoxy) is 1. The maximum Gasteiger partial charge on any atom is 0.240 e. The second kappa shape index (κ2) is 6.73. The fourth-order valence-corrected chi connectivity index (χ4v) is 1.54. The van der Waals surface area contributed by atoms with Crippen molar-refractivity contribution >= 4 is 39.9 Å². The first kappa shape index (κ1) is 15.2. The molecule has 0 fully saturated rings. The van der Waals surface area contributed by atoms with Crippen LogP contribution in [0.15, 0.2) is 22.7 Å². The first-order valence-electron chi connectivity index (χ1n) is 4.44. The highest BCUT2D eigenvalue weighted by atomic mass is 79.9. The van der Waals surface area contributed by atoms with Gasteiger partial charge in [-0.05, 0) is 41.1 Å². The Balaban J connectivity index is 0.00000225. The van der Waals surface area contributed by atoms with Gasteiger partial charge in [-0.2, -0.15) is 0 Å². The normalized spacial score (nSPS) is 11.2. The standard InChI is InChI=1S/C10H13BrN2O2.ClH/c1-6(12)10(14)13-7-3-4-9(15-2)8(11)5-7;/h3-6H,12H2,1-2H3,(H,13,14);1H/t6-;/m0./s1. The van der Waals surface area contributed by atoms with Gasteiger partial charge in [-0.1, -0.05) is 0 Å². The molecule has 1 aromatic carbocycles. The highest BCUT2D eigenvalue weighted by molar-refractivity contribution is 9.10. The van der Waals surface area contributed by atoms with Crippen molar-refractivity contribution in [1.82, 2.24) is 0 Å². The van der Waals surface area contributed by atoms with E-state index in [1.165, 1.54) is 0 Å². The number of nitrogens with two attached hydrogens (primary N) is 1. The topological polar surface area (TPSA) is 64.3 Å². The van der Waals surface area contributed by atoms with Gasteiger partial charge in [-0.15, -0.1) is 12.4 Å². The minimum atomic E-state index is -0.522. The third kappa shape index (κ3) is 4.00. The largest absolute Gasteiger partial charge is 0.496 e. The molecule has 0 aromatic heterocycles. The summed E-state index contributed by atoms with van der Waals surface area (Å²) in [7, 11) is 1.58. The van der Waals surface area contributed by atoms with Crippen molar-refractivity contribution in [2.24, 2.45) is 5.73 Å². The van der Waals surface area contributed by atoms with Crippen LogP contribution in [-0.2, 0) is 4.79 Å². The van der Waals surface area contributed by atoms with Crippen LogP contribution >= 0.6 is 28.3 Å². The Morgan fingerprint density at radius 1 is 1.56 bits per heavy atom. The van der Waals surface area contributed by atoms with Crippen LogP contribution in [-0.4, -0.2) is 19.1 Å². The van der Waals surface area contributed by atoms with Crippen LogP contribution in [0, 0.1) is 0 Å². The van der Waals surface area contributed by atoms with Gasteiger partial charge in [-0.3, -0.25) is 4.79 Å². The molecular formula is C10H14BrClN2O2. The summed E-state index contributed by atoms with van der Waals surface area (Å²) in [6, 6.07) is 4.76. The van der Waals surface area contributed by atoms with E-state index in [1.807, 2.05) is 0 Å². The molecule has 0 aliphatic heterocycles. The van der Waals surface area contributed by atoms with Gasteiger partial charge in [0.05, 0.1) is 17.6 Å². The summed E-state index contributed by atoms with van der Waals surface area (Å²) < 4.78 is 5.85. The first-order chi connectivity index (χ1) is 7.04. The molecule has 0 unspecified atom stereocenters. The number of hydrogen-bond donors (Lipinski definition) is 2. The summed E-state index contributed by atoms with van der Waals surface area (Å²) in [5.74, 6) is 0.501. The maximum atomic E-state index is 11.3. The molecule has 1 aromatic rings. The fourth-order valence-electron chi connectivity index (χ4n) is 1.00. The van der Waals surface area contributed by atoms with Gasteiger partial charge < -0.3 is 15.8 Å². The number of methoxy groups -OCH3 is 1. The smallest absolute Gasteiger partial charge is 0.240 e. The second-order valence-corrected chi connectivity index (χ2v) is 3.98. The molecule has 1 amide bonds. The van der Waals surface area contributed by atoms with Crippen molar-refractivity contribution in [3.63, 3.8) is 0 Å². The summed E-state index contributed by atoms with van der Waals surface area (Å²) >= 11 is 3.33. The molecule has 0 saturated heterocycles. The zero-order valence-corrected chi connectivity index (χ0v) is 11.4. The van der Waals surface area contributed by atoms with Gasteiger partial charge in [0.1, 0.15) is 5.75 Å². The van der Waals surface area contributed by atoms with E-state index in [4.69, 9.17) is 10.5 Å². The number of halogens is 2. The molecule has 0 saturated carbocycles. The Morgan fingerprint density at radius 2 is 2.19 bits per heavy atom.